The summed E-state index contributed by atoms with van der Waals surface area (Å²) < 4.78 is 28.6. The molecule has 0 atom stereocenters. The maximum Gasteiger partial charge on any atom is 0.150 e. The van der Waals surface area contributed by atoms with Crippen LogP contribution in [-0.4, -0.2) is 32.8 Å². The first kappa shape index (κ1) is 15.2. The van der Waals surface area contributed by atoms with Crippen LogP contribution in [0.3, 0.4) is 0 Å². The summed E-state index contributed by atoms with van der Waals surface area (Å²) in [4.78, 5) is 10.5. The van der Waals surface area contributed by atoms with E-state index in [1.807, 2.05) is 0 Å². The highest BCUT2D eigenvalue weighted by Gasteiger charge is 2.07. The second-order valence-corrected chi connectivity index (χ2v) is 7.07. The van der Waals surface area contributed by atoms with Crippen molar-refractivity contribution in [1.29, 1.82) is 0 Å². The van der Waals surface area contributed by atoms with Crippen LogP contribution in [0.15, 0.2) is 22.7 Å². The van der Waals surface area contributed by atoms with Gasteiger partial charge in [-0.25, -0.2) is 8.42 Å². The molecule has 0 saturated carbocycles. The Morgan fingerprint density at radius 1 is 1.39 bits per heavy atom. The maximum absolute atomic E-state index is 11.3. The number of rotatable bonds is 7. The van der Waals surface area contributed by atoms with Crippen LogP contribution in [0.4, 0.5) is 0 Å². The van der Waals surface area contributed by atoms with E-state index in [1.165, 1.54) is 0 Å². The minimum Gasteiger partial charge on any atom is -0.492 e. The van der Waals surface area contributed by atoms with Crippen LogP contribution in [0.1, 0.15) is 23.7 Å². The van der Waals surface area contributed by atoms with Crippen molar-refractivity contribution in [2.45, 2.75) is 13.3 Å². The average molecular weight is 335 g/mol. The normalized spacial score (nSPS) is 11.2. The predicted molar refractivity (Wildman–Crippen MR) is 74.0 cm³/mol. The van der Waals surface area contributed by atoms with Gasteiger partial charge in [-0.05, 0) is 40.5 Å². The van der Waals surface area contributed by atoms with Crippen molar-refractivity contribution in [1.82, 2.24) is 0 Å². The van der Waals surface area contributed by atoms with E-state index in [4.69, 9.17) is 4.74 Å². The lowest BCUT2D eigenvalue weighted by Gasteiger charge is -2.08. The lowest BCUT2D eigenvalue weighted by molar-refractivity contribution is 0.112. The summed E-state index contributed by atoms with van der Waals surface area (Å²) in [5, 5.41) is 0. The first-order valence-electron chi connectivity index (χ1n) is 5.56. The third-order valence-electron chi connectivity index (χ3n) is 2.39. The van der Waals surface area contributed by atoms with Crippen molar-refractivity contribution >= 4 is 32.1 Å². The number of sulfone groups is 1. The zero-order chi connectivity index (χ0) is 13.6. The quantitative estimate of drug-likeness (QED) is 0.567. The molecule has 0 radical (unpaired) electrons. The smallest absolute Gasteiger partial charge is 0.150 e. The predicted octanol–water partition coefficient (Wildman–Crippen LogP) is 2.47. The van der Waals surface area contributed by atoms with Gasteiger partial charge in [0.25, 0.3) is 0 Å². The molecule has 0 saturated heterocycles. The number of aldehydes is 1. The van der Waals surface area contributed by atoms with Gasteiger partial charge in [-0.1, -0.05) is 6.92 Å². The van der Waals surface area contributed by atoms with Gasteiger partial charge in [-0.3, -0.25) is 4.79 Å². The van der Waals surface area contributed by atoms with Crippen LogP contribution in [-0.2, 0) is 9.84 Å². The molecule has 0 spiro atoms. The van der Waals surface area contributed by atoms with Crippen molar-refractivity contribution in [3.63, 3.8) is 0 Å². The summed E-state index contributed by atoms with van der Waals surface area (Å²) in [5.41, 5.74) is 0.558. The largest absolute Gasteiger partial charge is 0.492 e. The Morgan fingerprint density at radius 2 is 2.11 bits per heavy atom. The van der Waals surface area contributed by atoms with Gasteiger partial charge in [-0.2, -0.15) is 0 Å². The fraction of sp³-hybridized carbons (Fsp3) is 0.417. The molecule has 0 N–H and O–H groups in total. The molecule has 0 aliphatic rings. The Kier molecular flexibility index (Phi) is 5.81. The SMILES string of the molecule is CCS(=O)(=O)CCCOc1ccc(C=O)cc1Br. The number of carbonyl (C=O) groups is 1. The average Bonchev–Trinajstić information content (AvgIpc) is 2.36. The number of carbonyl (C=O) groups excluding carboxylic acids is 1. The van der Waals surface area contributed by atoms with Crippen LogP contribution in [0.25, 0.3) is 0 Å². The molecule has 0 aromatic heterocycles. The topological polar surface area (TPSA) is 60.4 Å². The summed E-state index contributed by atoms with van der Waals surface area (Å²) in [6.45, 7) is 1.96. The molecule has 1 aromatic rings. The summed E-state index contributed by atoms with van der Waals surface area (Å²) in [6.07, 6.45) is 1.21. The minimum atomic E-state index is -2.93. The molecule has 0 aliphatic heterocycles. The molecule has 0 aliphatic carbocycles. The van der Waals surface area contributed by atoms with Crippen LogP contribution in [0.2, 0.25) is 0 Å². The number of ether oxygens (including phenoxy) is 1. The standard InChI is InChI=1S/C12H15BrO4S/c1-2-18(15,16)7-3-6-17-12-5-4-10(9-14)8-11(12)13/h4-5,8-9H,2-3,6-7H2,1H3. The molecule has 1 aromatic carbocycles. The van der Waals surface area contributed by atoms with E-state index in [2.05, 4.69) is 15.9 Å². The van der Waals surface area contributed by atoms with Gasteiger partial charge in [-0.15, -0.1) is 0 Å². The van der Waals surface area contributed by atoms with Gasteiger partial charge in [0.15, 0.2) is 0 Å². The molecule has 1 rings (SSSR count). The van der Waals surface area contributed by atoms with Crippen LogP contribution >= 0.6 is 15.9 Å². The molecule has 0 heterocycles. The van der Waals surface area contributed by atoms with Gasteiger partial charge < -0.3 is 4.74 Å². The fourth-order valence-electron chi connectivity index (χ4n) is 1.31. The minimum absolute atomic E-state index is 0.132. The van der Waals surface area contributed by atoms with E-state index in [0.29, 0.717) is 28.8 Å². The van der Waals surface area contributed by atoms with E-state index < -0.39 is 9.84 Å². The molecule has 0 amide bonds. The summed E-state index contributed by atoms with van der Waals surface area (Å²) in [6, 6.07) is 4.99. The molecule has 0 fully saturated rings. The van der Waals surface area contributed by atoms with E-state index in [-0.39, 0.29) is 11.5 Å². The van der Waals surface area contributed by atoms with E-state index in [1.54, 1.807) is 25.1 Å². The Morgan fingerprint density at radius 3 is 2.67 bits per heavy atom. The first-order chi connectivity index (χ1) is 8.48. The number of benzene rings is 1. The molecule has 6 heteroatoms. The summed E-state index contributed by atoms with van der Waals surface area (Å²) in [5.74, 6) is 0.896. The Balaban J connectivity index is 2.47. The highest BCUT2D eigenvalue weighted by molar-refractivity contribution is 9.10. The van der Waals surface area contributed by atoms with Crippen LogP contribution < -0.4 is 4.74 Å². The van der Waals surface area contributed by atoms with E-state index in [0.717, 1.165) is 6.29 Å². The zero-order valence-electron chi connectivity index (χ0n) is 10.1. The third kappa shape index (κ3) is 4.78. The van der Waals surface area contributed by atoms with Gasteiger partial charge >= 0.3 is 0 Å². The first-order valence-corrected chi connectivity index (χ1v) is 8.18. The molecular formula is C12H15BrO4S. The summed E-state index contributed by atoms with van der Waals surface area (Å²) >= 11 is 3.29. The number of hydrogen-bond donors (Lipinski definition) is 0. The number of halogens is 1. The van der Waals surface area contributed by atoms with Crippen molar-refractivity contribution in [2.24, 2.45) is 0 Å². The summed E-state index contributed by atoms with van der Waals surface area (Å²) in [7, 11) is -2.93. The van der Waals surface area contributed by atoms with Crippen molar-refractivity contribution in [3.8, 4) is 5.75 Å². The van der Waals surface area contributed by atoms with Crippen molar-refractivity contribution in [2.75, 3.05) is 18.1 Å². The Labute approximate surface area is 115 Å². The van der Waals surface area contributed by atoms with Gasteiger partial charge in [0.2, 0.25) is 0 Å². The molecule has 4 nitrogen and oxygen atoms in total. The third-order valence-corrected chi connectivity index (χ3v) is 4.80. The van der Waals surface area contributed by atoms with Crippen molar-refractivity contribution in [3.05, 3.63) is 28.2 Å². The van der Waals surface area contributed by atoms with Crippen LogP contribution in [0.5, 0.6) is 5.75 Å². The van der Waals surface area contributed by atoms with Gasteiger partial charge in [0.1, 0.15) is 21.9 Å². The van der Waals surface area contributed by atoms with E-state index >= 15 is 0 Å². The maximum atomic E-state index is 11.3. The monoisotopic (exact) mass is 334 g/mol. The Bertz CT molecular complexity index is 511. The second-order valence-electron chi connectivity index (χ2n) is 3.75. The molecule has 100 valence electrons. The number of hydrogen-bond acceptors (Lipinski definition) is 4. The molecular weight excluding hydrogens is 320 g/mol. The second kappa shape index (κ2) is 6.89. The fourth-order valence-corrected chi connectivity index (χ4v) is 2.67. The van der Waals surface area contributed by atoms with Gasteiger partial charge in [0, 0.05) is 11.3 Å². The van der Waals surface area contributed by atoms with Crippen molar-refractivity contribution < 1.29 is 17.9 Å². The molecule has 0 unspecified atom stereocenters. The lowest BCUT2D eigenvalue weighted by Crippen LogP contribution is -2.11. The Hall–Kier alpha value is -0.880. The zero-order valence-corrected chi connectivity index (χ0v) is 12.5. The lowest BCUT2D eigenvalue weighted by atomic mass is 10.2. The highest BCUT2D eigenvalue weighted by Crippen LogP contribution is 2.25. The highest BCUT2D eigenvalue weighted by atomic mass is 79.9. The van der Waals surface area contributed by atoms with Crippen LogP contribution in [0, 0.1) is 0 Å². The molecule has 0 bridgehead atoms. The van der Waals surface area contributed by atoms with Gasteiger partial charge in [0.05, 0.1) is 16.8 Å². The van der Waals surface area contributed by atoms with E-state index in [9.17, 15) is 13.2 Å². The molecule has 18 heavy (non-hydrogen) atoms.